The summed E-state index contributed by atoms with van der Waals surface area (Å²) in [7, 11) is 0. The molecule has 1 atom stereocenters. The minimum absolute atomic E-state index is 0.264. The van der Waals surface area contributed by atoms with E-state index in [1.54, 1.807) is 11.8 Å². The van der Waals surface area contributed by atoms with Crippen molar-refractivity contribution in [3.8, 4) is 11.1 Å². The minimum Gasteiger partial charge on any atom is -0.307 e. The molecular weight excluding hydrogens is 342 g/mol. The van der Waals surface area contributed by atoms with Gasteiger partial charge in [0.2, 0.25) is 5.16 Å². The quantitative estimate of drug-likeness (QED) is 0.772. The van der Waals surface area contributed by atoms with E-state index < -0.39 is 0 Å². The topological polar surface area (TPSA) is 55.1 Å². The van der Waals surface area contributed by atoms with Crippen molar-refractivity contribution in [2.24, 2.45) is 5.10 Å². The molecule has 0 amide bonds. The van der Waals surface area contributed by atoms with E-state index in [2.05, 4.69) is 64.0 Å². The zero-order valence-corrected chi connectivity index (χ0v) is 15.1. The minimum atomic E-state index is 0.264. The Labute approximate surface area is 156 Å². The number of aromatic nitrogens is 3. The molecule has 3 aromatic rings. The van der Waals surface area contributed by atoms with Gasteiger partial charge in [0.15, 0.2) is 5.82 Å². The third-order valence-electron chi connectivity index (χ3n) is 4.89. The van der Waals surface area contributed by atoms with E-state index in [0.29, 0.717) is 0 Å². The van der Waals surface area contributed by atoms with Crippen LogP contribution in [-0.2, 0) is 0 Å². The van der Waals surface area contributed by atoms with E-state index in [0.717, 1.165) is 41.0 Å². The second kappa shape index (κ2) is 6.70. The Balaban J connectivity index is 1.46. The lowest BCUT2D eigenvalue weighted by atomic mass is 10.0. The Bertz CT molecular complexity index is 940. The smallest absolute Gasteiger partial charge is 0.212 e. The molecule has 2 aliphatic rings. The molecule has 1 aromatic heterocycles. The first kappa shape index (κ1) is 15.8. The monoisotopic (exact) mass is 361 g/mol. The third kappa shape index (κ3) is 2.85. The van der Waals surface area contributed by atoms with Gasteiger partial charge in [-0.25, -0.2) is 0 Å². The molecule has 6 heteroatoms. The Kier molecular flexibility index (Phi) is 4.07. The number of benzene rings is 2. The number of nitrogens with zero attached hydrogens (tertiary/aromatic N) is 4. The van der Waals surface area contributed by atoms with Crippen molar-refractivity contribution in [2.45, 2.75) is 24.0 Å². The molecule has 2 aromatic carbocycles. The Morgan fingerprint density at radius 1 is 0.923 bits per heavy atom. The summed E-state index contributed by atoms with van der Waals surface area (Å²) < 4.78 is 1.93. The van der Waals surface area contributed by atoms with E-state index in [4.69, 9.17) is 5.10 Å². The predicted octanol–water partition coefficient (Wildman–Crippen LogP) is 3.73. The summed E-state index contributed by atoms with van der Waals surface area (Å²) in [6.07, 6.45) is 2.27. The number of fused-ring (bicyclic) bond motifs is 1. The van der Waals surface area contributed by atoms with Crippen LogP contribution >= 0.6 is 11.8 Å². The van der Waals surface area contributed by atoms with Crippen LogP contribution in [0, 0.1) is 0 Å². The fourth-order valence-corrected chi connectivity index (χ4v) is 4.34. The number of hydrogen-bond donors (Lipinski definition) is 1. The Morgan fingerprint density at radius 2 is 1.69 bits per heavy atom. The average molecular weight is 361 g/mol. The molecule has 0 aliphatic carbocycles. The lowest BCUT2D eigenvalue weighted by molar-refractivity contribution is 0.562. The summed E-state index contributed by atoms with van der Waals surface area (Å²) in [5.41, 5.74) is 4.68. The first-order valence-corrected chi connectivity index (χ1v) is 9.92. The zero-order chi connectivity index (χ0) is 17.3. The lowest BCUT2D eigenvalue weighted by Gasteiger charge is -2.16. The first-order valence-electron chi connectivity index (χ1n) is 8.94. The van der Waals surface area contributed by atoms with Crippen LogP contribution in [0.1, 0.15) is 30.3 Å². The van der Waals surface area contributed by atoms with Gasteiger partial charge in [0.25, 0.3) is 0 Å². The van der Waals surface area contributed by atoms with Crippen molar-refractivity contribution in [3.05, 3.63) is 66.0 Å². The van der Waals surface area contributed by atoms with Crippen LogP contribution in [0.4, 0.5) is 0 Å². The van der Waals surface area contributed by atoms with Gasteiger partial charge < -0.3 is 5.32 Å². The van der Waals surface area contributed by atoms with Gasteiger partial charge in [-0.05, 0) is 36.1 Å². The highest BCUT2D eigenvalue weighted by Crippen LogP contribution is 2.29. The van der Waals surface area contributed by atoms with Gasteiger partial charge in [-0.2, -0.15) is 9.78 Å². The average Bonchev–Trinajstić information content (AvgIpc) is 3.38. The molecule has 5 rings (SSSR count). The summed E-state index contributed by atoms with van der Waals surface area (Å²) in [6, 6.07) is 19.3. The van der Waals surface area contributed by atoms with E-state index in [-0.39, 0.29) is 6.04 Å². The summed E-state index contributed by atoms with van der Waals surface area (Å²) in [6.45, 7) is 1.04. The van der Waals surface area contributed by atoms with Crippen LogP contribution in [0.2, 0.25) is 0 Å². The highest BCUT2D eigenvalue weighted by Gasteiger charge is 2.26. The predicted molar refractivity (Wildman–Crippen MR) is 105 cm³/mol. The molecule has 2 aliphatic heterocycles. The van der Waals surface area contributed by atoms with Gasteiger partial charge in [0.05, 0.1) is 11.8 Å². The number of hydrogen-bond acceptors (Lipinski definition) is 5. The number of rotatable bonds is 3. The number of thioether (sulfide) groups is 1. The summed E-state index contributed by atoms with van der Waals surface area (Å²) in [5.74, 6) is 1.75. The maximum absolute atomic E-state index is 4.87. The molecule has 1 saturated heterocycles. The van der Waals surface area contributed by atoms with Crippen LogP contribution < -0.4 is 5.32 Å². The van der Waals surface area contributed by atoms with Gasteiger partial charge in [0.1, 0.15) is 0 Å². The van der Waals surface area contributed by atoms with Crippen molar-refractivity contribution in [3.63, 3.8) is 0 Å². The van der Waals surface area contributed by atoms with E-state index in [1.807, 2.05) is 10.7 Å². The zero-order valence-electron chi connectivity index (χ0n) is 14.3. The molecule has 0 radical (unpaired) electrons. The highest BCUT2D eigenvalue weighted by molar-refractivity contribution is 7.99. The molecule has 5 nitrogen and oxygen atoms in total. The molecule has 1 N–H and O–H groups in total. The molecule has 1 fully saturated rings. The maximum atomic E-state index is 4.87. The summed E-state index contributed by atoms with van der Waals surface area (Å²) in [5, 5.41) is 17.9. The molecule has 0 bridgehead atoms. The van der Waals surface area contributed by atoms with Crippen LogP contribution in [0.25, 0.3) is 11.1 Å². The van der Waals surface area contributed by atoms with Gasteiger partial charge in [-0.15, -0.1) is 10.2 Å². The fraction of sp³-hybridized carbons (Fsp3) is 0.250. The largest absolute Gasteiger partial charge is 0.307 e. The van der Waals surface area contributed by atoms with E-state index >= 15 is 0 Å². The van der Waals surface area contributed by atoms with Gasteiger partial charge >= 0.3 is 0 Å². The van der Waals surface area contributed by atoms with Crippen molar-refractivity contribution < 1.29 is 0 Å². The van der Waals surface area contributed by atoms with Gasteiger partial charge in [-0.3, -0.25) is 0 Å². The van der Waals surface area contributed by atoms with Crippen LogP contribution in [0.3, 0.4) is 0 Å². The fourth-order valence-electron chi connectivity index (χ4n) is 3.49. The molecule has 130 valence electrons. The van der Waals surface area contributed by atoms with Gasteiger partial charge in [0, 0.05) is 5.75 Å². The number of nitrogens with one attached hydrogen (secondary N) is 1. The van der Waals surface area contributed by atoms with Crippen molar-refractivity contribution in [2.75, 3.05) is 12.3 Å². The van der Waals surface area contributed by atoms with E-state index in [1.165, 1.54) is 17.5 Å². The molecule has 3 heterocycles. The molecule has 0 saturated carbocycles. The molecule has 26 heavy (non-hydrogen) atoms. The standard InChI is InChI=1S/C20H19N5S/c1-2-5-14(6-3-1)15-8-10-16(11-9-15)18-13-26-20-23-22-19(25(20)24-18)17-7-4-12-21-17/h1-3,5-6,8-11,17,21H,4,7,12-13H2. The first-order chi connectivity index (χ1) is 12.9. The van der Waals surface area contributed by atoms with Crippen LogP contribution in [-0.4, -0.2) is 32.9 Å². The molecule has 1 unspecified atom stereocenters. The Morgan fingerprint density at radius 3 is 2.46 bits per heavy atom. The highest BCUT2D eigenvalue weighted by atomic mass is 32.2. The SMILES string of the molecule is c1ccc(-c2ccc(C3=Nn4c(nnc4C4CCCN4)SC3)cc2)cc1. The van der Waals surface area contributed by atoms with Crippen molar-refractivity contribution >= 4 is 17.5 Å². The third-order valence-corrected chi connectivity index (χ3v) is 5.82. The lowest BCUT2D eigenvalue weighted by Crippen LogP contribution is -2.20. The van der Waals surface area contributed by atoms with E-state index in [9.17, 15) is 0 Å². The normalized spacial score (nSPS) is 19.2. The Hall–Kier alpha value is -2.44. The van der Waals surface area contributed by atoms with Gasteiger partial charge in [-0.1, -0.05) is 66.4 Å². The summed E-state index contributed by atoms with van der Waals surface area (Å²) >= 11 is 1.70. The maximum Gasteiger partial charge on any atom is 0.212 e. The van der Waals surface area contributed by atoms with Crippen molar-refractivity contribution in [1.29, 1.82) is 0 Å². The van der Waals surface area contributed by atoms with Crippen molar-refractivity contribution in [1.82, 2.24) is 20.2 Å². The van der Waals surface area contributed by atoms with Crippen LogP contribution in [0.15, 0.2) is 64.9 Å². The molecular formula is C20H19N5S. The second-order valence-corrected chi connectivity index (χ2v) is 7.52. The second-order valence-electron chi connectivity index (χ2n) is 6.58. The molecule has 0 spiro atoms. The van der Waals surface area contributed by atoms with Crippen LogP contribution in [0.5, 0.6) is 0 Å². The summed E-state index contributed by atoms with van der Waals surface area (Å²) in [4.78, 5) is 0.